The van der Waals surface area contributed by atoms with Crippen molar-refractivity contribution in [3.63, 3.8) is 0 Å². The number of carbonyl (C=O) groups excluding carboxylic acids is 2. The summed E-state index contributed by atoms with van der Waals surface area (Å²) in [5.41, 5.74) is -6.72. The Kier molecular flexibility index (Phi) is 4.07. The molecular formula is C20H30O8. The lowest BCUT2D eigenvalue weighted by atomic mass is 9.68. The molecule has 0 aromatic rings. The second kappa shape index (κ2) is 5.68. The van der Waals surface area contributed by atoms with Gasteiger partial charge in [0.1, 0.15) is 17.8 Å². The van der Waals surface area contributed by atoms with E-state index >= 15 is 0 Å². The van der Waals surface area contributed by atoms with Crippen molar-refractivity contribution in [2.75, 3.05) is 0 Å². The number of hydrogen-bond acceptors (Lipinski definition) is 8. The van der Waals surface area contributed by atoms with Gasteiger partial charge in [0.2, 0.25) is 0 Å². The summed E-state index contributed by atoms with van der Waals surface area (Å²) in [6, 6.07) is 0. The van der Waals surface area contributed by atoms with Crippen LogP contribution >= 0.6 is 0 Å². The largest absolute Gasteiger partial charge is 0.462 e. The quantitative estimate of drug-likeness (QED) is 0.458. The maximum Gasteiger partial charge on any atom is 0.309 e. The van der Waals surface area contributed by atoms with Crippen LogP contribution in [0.2, 0.25) is 0 Å². The third-order valence-corrected chi connectivity index (χ3v) is 7.76. The van der Waals surface area contributed by atoms with E-state index in [9.17, 15) is 24.9 Å². The van der Waals surface area contributed by atoms with E-state index in [2.05, 4.69) is 0 Å². The van der Waals surface area contributed by atoms with Crippen molar-refractivity contribution in [1.82, 2.24) is 0 Å². The predicted octanol–water partition coefficient (Wildman–Crippen LogP) is 0.300. The summed E-state index contributed by atoms with van der Waals surface area (Å²) in [5, 5.41) is 34.3. The molecule has 2 aliphatic heterocycles. The first kappa shape index (κ1) is 20.1. The van der Waals surface area contributed by atoms with E-state index in [1.165, 1.54) is 13.8 Å². The van der Waals surface area contributed by atoms with Gasteiger partial charge in [0.15, 0.2) is 11.2 Å². The Bertz CT molecular complexity index is 717. The molecule has 4 fully saturated rings. The molecule has 2 saturated heterocycles. The first-order valence-electron chi connectivity index (χ1n) is 10.1. The summed E-state index contributed by atoms with van der Waals surface area (Å²) >= 11 is 0. The third-order valence-electron chi connectivity index (χ3n) is 7.76. The van der Waals surface area contributed by atoms with Gasteiger partial charge >= 0.3 is 11.9 Å². The summed E-state index contributed by atoms with van der Waals surface area (Å²) in [5.74, 6) is -2.65. The van der Waals surface area contributed by atoms with E-state index in [4.69, 9.17) is 14.2 Å². The number of carbonyl (C=O) groups is 2. The summed E-state index contributed by atoms with van der Waals surface area (Å²) in [6.45, 7) is 8.27. The van der Waals surface area contributed by atoms with Gasteiger partial charge in [0.05, 0.1) is 23.5 Å². The number of fused-ring (bicyclic) bond motifs is 2. The highest BCUT2D eigenvalue weighted by Gasteiger charge is 2.91. The van der Waals surface area contributed by atoms with E-state index < -0.39 is 64.5 Å². The van der Waals surface area contributed by atoms with Crippen molar-refractivity contribution < 1.29 is 39.1 Å². The van der Waals surface area contributed by atoms with Gasteiger partial charge in [0, 0.05) is 18.8 Å². The van der Waals surface area contributed by atoms with Gasteiger partial charge in [0.25, 0.3) is 0 Å². The number of hydrogen-bond donors (Lipinski definition) is 3. The first-order valence-corrected chi connectivity index (χ1v) is 10.1. The zero-order chi connectivity index (χ0) is 20.9. The molecule has 2 aliphatic carbocycles. The minimum atomic E-state index is -2.02. The van der Waals surface area contributed by atoms with E-state index in [-0.39, 0.29) is 18.8 Å². The van der Waals surface area contributed by atoms with Crippen molar-refractivity contribution >= 4 is 11.9 Å². The molecule has 0 aromatic carbocycles. The Morgan fingerprint density at radius 3 is 2.50 bits per heavy atom. The molecule has 2 saturated carbocycles. The maximum atomic E-state index is 12.5. The van der Waals surface area contributed by atoms with Crippen LogP contribution in [0.4, 0.5) is 0 Å². The standard InChI is InChI=1S/C20H30O8/c1-6-9(2)15(21)26-11-7-18(5,24)20-12(28-20)8-17(4,23)19(20,25)14-13(11)10(3)16(22)27-14/h9-14,23-25H,6-8H2,1-5H3. The first-order chi connectivity index (χ1) is 12.8. The van der Waals surface area contributed by atoms with Crippen molar-refractivity contribution in [3.05, 3.63) is 0 Å². The Morgan fingerprint density at radius 1 is 1.25 bits per heavy atom. The molecule has 1 spiro atoms. The molecule has 0 radical (unpaired) electrons. The van der Waals surface area contributed by atoms with Crippen LogP contribution in [0.25, 0.3) is 0 Å². The summed E-state index contributed by atoms with van der Waals surface area (Å²) in [7, 11) is 0. The van der Waals surface area contributed by atoms with E-state index in [0.717, 1.165) is 0 Å². The molecule has 4 rings (SSSR count). The second-order valence-electron chi connectivity index (χ2n) is 9.57. The normalized spacial score (nSPS) is 55.4. The number of aliphatic hydroxyl groups is 3. The van der Waals surface area contributed by atoms with Gasteiger partial charge in [-0.15, -0.1) is 0 Å². The Hall–Kier alpha value is -1.22. The summed E-state index contributed by atoms with van der Waals surface area (Å²) in [6.07, 6.45) is -1.89. The molecule has 3 N–H and O–H groups in total. The van der Waals surface area contributed by atoms with E-state index in [0.29, 0.717) is 6.42 Å². The fourth-order valence-corrected chi connectivity index (χ4v) is 5.87. The number of ether oxygens (including phenoxy) is 3. The topological polar surface area (TPSA) is 126 Å². The summed E-state index contributed by atoms with van der Waals surface area (Å²) in [4.78, 5) is 25.0. The van der Waals surface area contributed by atoms with Gasteiger partial charge < -0.3 is 29.5 Å². The molecule has 0 bridgehead atoms. The van der Waals surface area contributed by atoms with Crippen molar-refractivity contribution in [2.45, 2.75) is 94.6 Å². The van der Waals surface area contributed by atoms with Gasteiger partial charge in [-0.25, -0.2) is 0 Å². The molecule has 2 heterocycles. The fraction of sp³-hybridized carbons (Fsp3) is 0.900. The van der Waals surface area contributed by atoms with Crippen molar-refractivity contribution in [1.29, 1.82) is 0 Å². The molecule has 10 unspecified atom stereocenters. The number of esters is 2. The smallest absolute Gasteiger partial charge is 0.309 e. The van der Waals surface area contributed by atoms with Gasteiger partial charge in [-0.1, -0.05) is 20.8 Å². The second-order valence-corrected chi connectivity index (χ2v) is 9.57. The highest BCUT2D eigenvalue weighted by Crippen LogP contribution is 2.70. The van der Waals surface area contributed by atoms with Crippen molar-refractivity contribution in [3.8, 4) is 0 Å². The average Bonchev–Trinajstić information content (AvgIpc) is 3.20. The Labute approximate surface area is 164 Å². The fourth-order valence-electron chi connectivity index (χ4n) is 5.87. The highest BCUT2D eigenvalue weighted by atomic mass is 16.7. The highest BCUT2D eigenvalue weighted by molar-refractivity contribution is 5.76. The molecule has 28 heavy (non-hydrogen) atoms. The lowest BCUT2D eigenvalue weighted by Gasteiger charge is -2.47. The number of rotatable bonds is 3. The van der Waals surface area contributed by atoms with Crippen LogP contribution in [0.5, 0.6) is 0 Å². The zero-order valence-corrected chi connectivity index (χ0v) is 17.0. The molecular weight excluding hydrogens is 368 g/mol. The van der Waals surface area contributed by atoms with Gasteiger partial charge in [-0.2, -0.15) is 0 Å². The molecule has 8 nitrogen and oxygen atoms in total. The monoisotopic (exact) mass is 398 g/mol. The van der Waals surface area contributed by atoms with Crippen LogP contribution in [-0.4, -0.2) is 68.0 Å². The molecule has 0 amide bonds. The van der Waals surface area contributed by atoms with Crippen LogP contribution in [0.15, 0.2) is 0 Å². The van der Waals surface area contributed by atoms with Crippen LogP contribution in [0, 0.1) is 17.8 Å². The Morgan fingerprint density at radius 2 is 1.89 bits per heavy atom. The lowest BCUT2D eigenvalue weighted by Crippen LogP contribution is -2.70. The minimum Gasteiger partial charge on any atom is -0.462 e. The van der Waals surface area contributed by atoms with Gasteiger partial charge in [-0.05, 0) is 20.3 Å². The molecule has 158 valence electrons. The third kappa shape index (κ3) is 2.15. The van der Waals surface area contributed by atoms with Crippen LogP contribution < -0.4 is 0 Å². The zero-order valence-electron chi connectivity index (χ0n) is 17.0. The molecule has 4 aliphatic rings. The van der Waals surface area contributed by atoms with E-state index in [1.807, 2.05) is 6.92 Å². The van der Waals surface area contributed by atoms with Crippen LogP contribution in [0.1, 0.15) is 53.9 Å². The minimum absolute atomic E-state index is 0.0216. The Balaban J connectivity index is 1.81. The maximum absolute atomic E-state index is 12.5. The number of epoxide rings is 1. The SMILES string of the molecule is CCC(C)C(=O)OC1CC(C)(O)C23OC2CC(C)(O)C3(O)C2OC(=O)C(C)C12. The summed E-state index contributed by atoms with van der Waals surface area (Å²) < 4.78 is 17.1. The van der Waals surface area contributed by atoms with Crippen LogP contribution in [0.3, 0.4) is 0 Å². The lowest BCUT2D eigenvalue weighted by molar-refractivity contribution is -0.250. The molecule has 8 heteroatoms. The average molecular weight is 398 g/mol. The molecule has 0 aromatic heterocycles. The van der Waals surface area contributed by atoms with E-state index in [1.54, 1.807) is 13.8 Å². The van der Waals surface area contributed by atoms with Crippen LogP contribution in [-0.2, 0) is 23.8 Å². The van der Waals surface area contributed by atoms with Gasteiger partial charge in [-0.3, -0.25) is 9.59 Å². The predicted molar refractivity (Wildman–Crippen MR) is 94.9 cm³/mol. The molecule has 10 atom stereocenters. The van der Waals surface area contributed by atoms with Crippen molar-refractivity contribution in [2.24, 2.45) is 17.8 Å².